The van der Waals surface area contributed by atoms with Crippen LogP contribution >= 0.6 is 0 Å². The fraction of sp³-hybridized carbons (Fsp3) is 0.579. The van der Waals surface area contributed by atoms with E-state index in [4.69, 9.17) is 5.73 Å². The standard InChI is InChI=1S/C19H28N4O2/c20-18(24)16-9-13-23(14-16)19(25)21-10-8-15-4-6-17(7-5-15)22-11-2-1-3-12-22/h4-7,16H,1-3,8-14H2,(H2,20,24)(H,21,25)/t16-/m1/s1. The zero-order valence-corrected chi connectivity index (χ0v) is 14.7. The second-order valence-electron chi connectivity index (χ2n) is 7.03. The smallest absolute Gasteiger partial charge is 0.317 e. The summed E-state index contributed by atoms with van der Waals surface area (Å²) in [5.74, 6) is -0.517. The largest absolute Gasteiger partial charge is 0.372 e. The van der Waals surface area contributed by atoms with Gasteiger partial charge in [0.05, 0.1) is 5.92 Å². The highest BCUT2D eigenvalue weighted by atomic mass is 16.2. The highest BCUT2D eigenvalue weighted by molar-refractivity contribution is 5.80. The SMILES string of the molecule is NC(=O)[C@@H]1CCN(C(=O)NCCc2ccc(N3CCCCC3)cc2)C1. The van der Waals surface area contributed by atoms with E-state index in [1.807, 2.05) is 0 Å². The fourth-order valence-electron chi connectivity index (χ4n) is 3.63. The monoisotopic (exact) mass is 344 g/mol. The van der Waals surface area contributed by atoms with Crippen molar-refractivity contribution >= 4 is 17.6 Å². The molecule has 0 saturated carbocycles. The number of hydrogen-bond acceptors (Lipinski definition) is 3. The van der Waals surface area contributed by atoms with E-state index in [0.29, 0.717) is 26.1 Å². The summed E-state index contributed by atoms with van der Waals surface area (Å²) in [5.41, 5.74) is 7.81. The van der Waals surface area contributed by atoms with Crippen LogP contribution in [0.4, 0.5) is 10.5 Å². The molecule has 3 N–H and O–H groups in total. The Morgan fingerprint density at radius 2 is 1.80 bits per heavy atom. The molecule has 1 aromatic carbocycles. The van der Waals surface area contributed by atoms with Crippen LogP contribution in [0.1, 0.15) is 31.2 Å². The van der Waals surface area contributed by atoms with Crippen LogP contribution in [0.25, 0.3) is 0 Å². The molecule has 2 aliphatic heterocycles. The van der Waals surface area contributed by atoms with Gasteiger partial charge in [0, 0.05) is 38.4 Å². The van der Waals surface area contributed by atoms with E-state index in [2.05, 4.69) is 34.5 Å². The molecule has 0 spiro atoms. The number of piperidine rings is 1. The Hall–Kier alpha value is -2.24. The minimum absolute atomic E-state index is 0.103. The quantitative estimate of drug-likeness (QED) is 0.854. The molecular weight excluding hydrogens is 316 g/mol. The van der Waals surface area contributed by atoms with Crippen LogP contribution in [0.5, 0.6) is 0 Å². The van der Waals surface area contributed by atoms with Gasteiger partial charge in [-0.15, -0.1) is 0 Å². The highest BCUT2D eigenvalue weighted by Gasteiger charge is 2.29. The second kappa shape index (κ2) is 8.23. The van der Waals surface area contributed by atoms with Gasteiger partial charge in [0.1, 0.15) is 0 Å². The van der Waals surface area contributed by atoms with Gasteiger partial charge in [0.15, 0.2) is 0 Å². The summed E-state index contributed by atoms with van der Waals surface area (Å²) in [5, 5.41) is 2.94. The molecule has 1 aromatic rings. The Kier molecular flexibility index (Phi) is 5.79. The number of urea groups is 1. The number of primary amides is 1. The minimum atomic E-state index is -0.316. The maximum Gasteiger partial charge on any atom is 0.317 e. The number of hydrogen-bond donors (Lipinski definition) is 2. The van der Waals surface area contributed by atoms with Crippen LogP contribution in [-0.4, -0.2) is 49.6 Å². The van der Waals surface area contributed by atoms with Crippen LogP contribution in [0, 0.1) is 5.92 Å². The van der Waals surface area contributed by atoms with Crippen LogP contribution in [-0.2, 0) is 11.2 Å². The molecular formula is C19H28N4O2. The number of amides is 3. The van der Waals surface area contributed by atoms with Crippen LogP contribution in [0.2, 0.25) is 0 Å². The van der Waals surface area contributed by atoms with E-state index in [9.17, 15) is 9.59 Å². The lowest BCUT2D eigenvalue weighted by Crippen LogP contribution is -2.40. The second-order valence-corrected chi connectivity index (χ2v) is 7.03. The summed E-state index contributed by atoms with van der Waals surface area (Å²) in [6, 6.07) is 8.55. The molecule has 3 amide bonds. The average molecular weight is 344 g/mol. The minimum Gasteiger partial charge on any atom is -0.372 e. The van der Waals surface area contributed by atoms with Gasteiger partial charge in [-0.05, 0) is 49.8 Å². The van der Waals surface area contributed by atoms with Crippen molar-refractivity contribution < 1.29 is 9.59 Å². The molecule has 25 heavy (non-hydrogen) atoms. The summed E-state index contributed by atoms with van der Waals surface area (Å²) in [6.45, 7) is 3.93. The van der Waals surface area contributed by atoms with Crippen LogP contribution in [0.15, 0.2) is 24.3 Å². The van der Waals surface area contributed by atoms with Crippen molar-refractivity contribution in [2.45, 2.75) is 32.1 Å². The maximum atomic E-state index is 12.1. The number of carbonyl (C=O) groups is 2. The van der Waals surface area contributed by atoms with E-state index in [1.165, 1.54) is 30.5 Å². The number of carbonyl (C=O) groups excluding carboxylic acids is 2. The molecule has 6 nitrogen and oxygen atoms in total. The van der Waals surface area contributed by atoms with Gasteiger partial charge >= 0.3 is 6.03 Å². The number of rotatable bonds is 5. The first-order valence-electron chi connectivity index (χ1n) is 9.29. The number of nitrogens with zero attached hydrogens (tertiary/aromatic N) is 2. The molecule has 0 bridgehead atoms. The third-order valence-electron chi connectivity index (χ3n) is 5.23. The van der Waals surface area contributed by atoms with E-state index in [0.717, 1.165) is 19.5 Å². The van der Waals surface area contributed by atoms with Crippen molar-refractivity contribution in [3.05, 3.63) is 29.8 Å². The molecule has 0 unspecified atom stereocenters. The first kappa shape index (κ1) is 17.6. The molecule has 6 heteroatoms. The van der Waals surface area contributed by atoms with Crippen molar-refractivity contribution in [2.75, 3.05) is 37.6 Å². The summed E-state index contributed by atoms with van der Waals surface area (Å²) in [4.78, 5) is 27.4. The number of nitrogens with one attached hydrogen (secondary N) is 1. The van der Waals surface area contributed by atoms with Crippen LogP contribution < -0.4 is 16.0 Å². The zero-order chi connectivity index (χ0) is 17.6. The molecule has 2 aliphatic rings. The molecule has 3 rings (SSSR count). The van der Waals surface area contributed by atoms with Gasteiger partial charge in [0.2, 0.25) is 5.91 Å². The van der Waals surface area contributed by atoms with Crippen molar-refractivity contribution in [3.8, 4) is 0 Å². The molecule has 2 fully saturated rings. The molecule has 0 aromatic heterocycles. The third kappa shape index (κ3) is 4.65. The Morgan fingerprint density at radius 3 is 2.44 bits per heavy atom. The molecule has 2 heterocycles. The molecule has 2 saturated heterocycles. The lowest BCUT2D eigenvalue weighted by atomic mass is 10.1. The Morgan fingerprint density at radius 1 is 1.08 bits per heavy atom. The average Bonchev–Trinajstić information content (AvgIpc) is 3.14. The third-order valence-corrected chi connectivity index (χ3v) is 5.23. The fourth-order valence-corrected chi connectivity index (χ4v) is 3.63. The topological polar surface area (TPSA) is 78.7 Å². The highest BCUT2D eigenvalue weighted by Crippen LogP contribution is 2.20. The number of likely N-dealkylation sites (tertiary alicyclic amines) is 1. The molecule has 0 radical (unpaired) electrons. The number of nitrogens with two attached hydrogens (primary N) is 1. The van der Waals surface area contributed by atoms with Gasteiger partial charge in [-0.1, -0.05) is 12.1 Å². The van der Waals surface area contributed by atoms with E-state index >= 15 is 0 Å². The van der Waals surface area contributed by atoms with Crippen molar-refractivity contribution in [2.24, 2.45) is 11.7 Å². The first-order valence-corrected chi connectivity index (χ1v) is 9.29. The van der Waals surface area contributed by atoms with Gasteiger partial charge in [-0.25, -0.2) is 4.79 Å². The van der Waals surface area contributed by atoms with Crippen molar-refractivity contribution in [1.29, 1.82) is 0 Å². The van der Waals surface area contributed by atoms with Crippen LogP contribution in [0.3, 0.4) is 0 Å². The lowest BCUT2D eigenvalue weighted by Gasteiger charge is -2.28. The predicted octanol–water partition coefficient (Wildman–Crippen LogP) is 1.74. The van der Waals surface area contributed by atoms with Gasteiger partial charge in [0.25, 0.3) is 0 Å². The summed E-state index contributed by atoms with van der Waals surface area (Å²) >= 11 is 0. The summed E-state index contributed by atoms with van der Waals surface area (Å²) < 4.78 is 0. The first-order chi connectivity index (χ1) is 12.1. The number of anilines is 1. The Bertz CT molecular complexity index is 596. The van der Waals surface area contributed by atoms with E-state index in [-0.39, 0.29) is 17.9 Å². The van der Waals surface area contributed by atoms with Crippen molar-refractivity contribution in [3.63, 3.8) is 0 Å². The van der Waals surface area contributed by atoms with E-state index in [1.54, 1.807) is 4.90 Å². The summed E-state index contributed by atoms with van der Waals surface area (Å²) in [7, 11) is 0. The normalized spacial score (nSPS) is 20.6. The Balaban J connectivity index is 1.41. The van der Waals surface area contributed by atoms with Gasteiger partial charge < -0.3 is 20.9 Å². The molecule has 0 aliphatic carbocycles. The van der Waals surface area contributed by atoms with Gasteiger partial charge in [-0.2, -0.15) is 0 Å². The predicted molar refractivity (Wildman–Crippen MR) is 98.5 cm³/mol. The maximum absolute atomic E-state index is 12.1. The molecule has 136 valence electrons. The van der Waals surface area contributed by atoms with Crippen molar-refractivity contribution in [1.82, 2.24) is 10.2 Å². The summed E-state index contributed by atoms with van der Waals surface area (Å²) in [6.07, 6.45) is 5.37. The lowest BCUT2D eigenvalue weighted by molar-refractivity contribution is -0.121. The van der Waals surface area contributed by atoms with Gasteiger partial charge in [-0.3, -0.25) is 4.79 Å². The molecule has 1 atom stereocenters. The zero-order valence-electron chi connectivity index (χ0n) is 14.7. The van der Waals surface area contributed by atoms with E-state index < -0.39 is 0 Å². The number of benzene rings is 1. The Labute approximate surface area is 149 Å².